The molecule has 2 bridgehead atoms. The van der Waals surface area contributed by atoms with Gasteiger partial charge in [0.15, 0.2) is 0 Å². The maximum Gasteiger partial charge on any atom is 0.264 e. The first kappa shape index (κ1) is 38.4. The number of nitrogens with zero attached hydrogens (tertiary/aromatic N) is 1. The number of hydrogen-bond donors (Lipinski definition) is 1. The summed E-state index contributed by atoms with van der Waals surface area (Å²) in [5.74, 6) is 0.974. The molecule has 0 radical (unpaired) electrons. The number of amides is 1. The molecule has 1 saturated carbocycles. The van der Waals surface area contributed by atoms with Gasteiger partial charge in [0.25, 0.3) is 5.91 Å². The van der Waals surface area contributed by atoms with Crippen LogP contribution in [0.2, 0.25) is 21.6 Å². The van der Waals surface area contributed by atoms with Crippen LogP contribution in [0.1, 0.15) is 115 Å². The highest BCUT2D eigenvalue weighted by Gasteiger charge is 2.47. The van der Waals surface area contributed by atoms with Crippen molar-refractivity contribution in [2.45, 2.75) is 133 Å². The van der Waals surface area contributed by atoms with Gasteiger partial charge in [-0.15, -0.1) is 0 Å². The number of carbonyl (C=O) groups is 1. The van der Waals surface area contributed by atoms with E-state index >= 15 is 0 Å². The lowest BCUT2D eigenvalue weighted by atomic mass is 9.69. The van der Waals surface area contributed by atoms with E-state index in [9.17, 15) is 13.2 Å². The van der Waals surface area contributed by atoms with Crippen LogP contribution in [0.5, 0.6) is 5.75 Å². The predicted molar refractivity (Wildman–Crippen MR) is 211 cm³/mol. The number of halogens is 1. The molecule has 1 amide bonds. The van der Waals surface area contributed by atoms with Gasteiger partial charge in [-0.1, -0.05) is 78.3 Å². The molecule has 6 rings (SSSR count). The van der Waals surface area contributed by atoms with Crippen molar-refractivity contribution in [3.63, 3.8) is 0 Å². The van der Waals surface area contributed by atoms with Crippen molar-refractivity contribution < 1.29 is 22.4 Å². The van der Waals surface area contributed by atoms with Crippen molar-refractivity contribution in [2.75, 3.05) is 24.6 Å². The molecule has 1 N–H and O–H groups in total. The summed E-state index contributed by atoms with van der Waals surface area (Å²) in [6.07, 6.45) is 11.2. The van der Waals surface area contributed by atoms with E-state index in [2.05, 4.69) is 75.4 Å². The summed E-state index contributed by atoms with van der Waals surface area (Å²) in [6, 6.07) is 11.7. The van der Waals surface area contributed by atoms with Crippen molar-refractivity contribution in [3.05, 3.63) is 70.3 Å². The van der Waals surface area contributed by atoms with Crippen molar-refractivity contribution in [3.8, 4) is 5.75 Å². The van der Waals surface area contributed by atoms with E-state index in [0.717, 1.165) is 61.7 Å². The fourth-order valence-electron chi connectivity index (χ4n) is 9.95. The van der Waals surface area contributed by atoms with E-state index in [4.69, 9.17) is 20.8 Å². The molecule has 280 valence electrons. The summed E-state index contributed by atoms with van der Waals surface area (Å²) < 4.78 is 44.1. The van der Waals surface area contributed by atoms with E-state index in [1.54, 1.807) is 6.07 Å². The van der Waals surface area contributed by atoms with Crippen LogP contribution in [0.3, 0.4) is 0 Å². The Hall–Kier alpha value is -2.33. The molecule has 51 heavy (non-hydrogen) atoms. The molecule has 2 aliphatic carbocycles. The summed E-state index contributed by atoms with van der Waals surface area (Å²) in [4.78, 5) is 16.2. The third-order valence-corrected chi connectivity index (χ3v) is 21.0. The molecule has 4 aliphatic rings. The van der Waals surface area contributed by atoms with Gasteiger partial charge in [0, 0.05) is 29.1 Å². The number of allylic oxidation sites excluding steroid dienone is 1. The van der Waals surface area contributed by atoms with Gasteiger partial charge in [0.1, 0.15) is 5.75 Å². The molecular formula is C41H59ClN2O5SSi. The van der Waals surface area contributed by atoms with Gasteiger partial charge in [-0.3, -0.25) is 4.79 Å². The molecule has 0 saturated heterocycles. The van der Waals surface area contributed by atoms with Crippen molar-refractivity contribution in [2.24, 2.45) is 11.8 Å². The molecule has 2 aliphatic heterocycles. The highest BCUT2D eigenvalue weighted by molar-refractivity contribution is 7.90. The van der Waals surface area contributed by atoms with Gasteiger partial charge in [-0.05, 0) is 121 Å². The lowest BCUT2D eigenvalue weighted by Crippen LogP contribution is -2.50. The molecule has 1 spiro atoms. The van der Waals surface area contributed by atoms with Crippen LogP contribution in [0.4, 0.5) is 5.69 Å². The molecule has 2 aromatic rings. The minimum Gasteiger partial charge on any atom is -0.490 e. The van der Waals surface area contributed by atoms with Crippen molar-refractivity contribution >= 4 is 41.5 Å². The molecule has 0 aromatic heterocycles. The van der Waals surface area contributed by atoms with Crippen LogP contribution in [0.25, 0.3) is 0 Å². The second-order valence-corrected chi connectivity index (χ2v) is 24.5. The average Bonchev–Trinajstić information content (AvgIpc) is 3.20. The number of aryl methyl sites for hydroxylation is 1. The number of hydrogen-bond acceptors (Lipinski definition) is 6. The summed E-state index contributed by atoms with van der Waals surface area (Å²) in [5.41, 5.74) is 4.77. The number of carbonyl (C=O) groups excluding carboxylic acids is 1. The normalized spacial score (nSPS) is 28.8. The minimum absolute atomic E-state index is 0.183. The lowest BCUT2D eigenvalue weighted by molar-refractivity contribution is 0.0981. The molecule has 10 heteroatoms. The second-order valence-electron chi connectivity index (χ2n) is 16.7. The molecule has 7 nitrogen and oxygen atoms in total. The summed E-state index contributed by atoms with van der Waals surface area (Å²) in [5, 5.41) is 0.0462. The Morgan fingerprint density at radius 3 is 2.41 bits per heavy atom. The number of ether oxygens (including phenoxy) is 1. The minimum atomic E-state index is -3.95. The van der Waals surface area contributed by atoms with Crippen LogP contribution < -0.4 is 14.4 Å². The van der Waals surface area contributed by atoms with Crippen LogP contribution >= 0.6 is 11.6 Å². The predicted octanol–water partition coefficient (Wildman–Crippen LogP) is 9.59. The maximum absolute atomic E-state index is 13.8. The van der Waals surface area contributed by atoms with Crippen LogP contribution in [0, 0.1) is 11.8 Å². The molecule has 2 heterocycles. The smallest absolute Gasteiger partial charge is 0.264 e. The highest BCUT2D eigenvalue weighted by atomic mass is 35.5. The molecule has 1 fully saturated rings. The third-order valence-electron chi connectivity index (χ3n) is 12.8. The van der Waals surface area contributed by atoms with Gasteiger partial charge in [0.2, 0.25) is 18.3 Å². The number of sulfonamides is 1. The summed E-state index contributed by atoms with van der Waals surface area (Å²) in [6.45, 7) is 17.8. The first-order chi connectivity index (χ1) is 24.2. The zero-order chi connectivity index (χ0) is 36.7. The largest absolute Gasteiger partial charge is 0.490 e. The molecule has 0 unspecified atom stereocenters. The van der Waals surface area contributed by atoms with Gasteiger partial charge in [-0.2, -0.15) is 0 Å². The topological polar surface area (TPSA) is 84.9 Å². The van der Waals surface area contributed by atoms with Crippen molar-refractivity contribution in [1.29, 1.82) is 0 Å². The first-order valence-corrected chi connectivity index (χ1v) is 23.5. The van der Waals surface area contributed by atoms with E-state index in [1.807, 2.05) is 25.1 Å². The number of nitrogens with one attached hydrogen (secondary N) is 1. The summed E-state index contributed by atoms with van der Waals surface area (Å²) in [7, 11) is -6.20. The standard InChI is InChI=1S/C41H59ClN2O5SSi/c1-8-36-18-17-35(49-51(27(2)3,28(4)5)29(6)7)16-13-30-11-12-33(30)24-44-25-41(21-9-10-31-22-34(42)15-19-37(31)41)26-48-39-20-14-32(23-38(39)44)40(45)43-50(36,46)47/h13-16,19-20,22-23,27-30,33,35-36H,8-12,17-18,21,24-26H2,1-7H3,(H,43,45)/b16-13-/t30-,33-,35+,36+,41-/m0/s1. The zero-order valence-electron chi connectivity index (χ0n) is 31.7. The Morgan fingerprint density at radius 2 is 1.75 bits per heavy atom. The number of fused-ring (bicyclic) bond motifs is 4. The first-order valence-electron chi connectivity index (χ1n) is 19.4. The van der Waals surface area contributed by atoms with Gasteiger partial charge >= 0.3 is 0 Å². The van der Waals surface area contributed by atoms with Crippen LogP contribution in [-0.4, -0.2) is 53.7 Å². The lowest BCUT2D eigenvalue weighted by Gasteiger charge is -2.45. The molecule has 5 atom stereocenters. The van der Waals surface area contributed by atoms with E-state index in [-0.39, 0.29) is 11.5 Å². The monoisotopic (exact) mass is 754 g/mol. The third kappa shape index (κ3) is 7.56. The Balaban J connectivity index is 1.40. The highest BCUT2D eigenvalue weighted by Crippen LogP contribution is 2.47. The molecule has 2 aromatic carbocycles. The average molecular weight is 756 g/mol. The van der Waals surface area contributed by atoms with E-state index in [1.165, 1.54) is 11.1 Å². The Bertz CT molecular complexity index is 1710. The fraction of sp³-hybridized carbons (Fsp3) is 0.634. The van der Waals surface area contributed by atoms with Gasteiger partial charge < -0.3 is 14.1 Å². The van der Waals surface area contributed by atoms with Crippen LogP contribution in [0.15, 0.2) is 48.6 Å². The zero-order valence-corrected chi connectivity index (χ0v) is 34.3. The SMILES string of the molecule is CC[C@@H]1CC[C@H](O[Si](C(C)C)(C(C)C)C(C)C)/C=C\[C@@H]2CC[C@H]2CN2C[C@@]3(CCCc4cc(Cl)ccc43)COc3ccc(cc32)C(=O)NS1(=O)=O. The maximum atomic E-state index is 13.8. The fourth-order valence-corrected chi connectivity index (χ4v) is 17.1. The Kier molecular flexibility index (Phi) is 11.4. The van der Waals surface area contributed by atoms with E-state index in [0.29, 0.717) is 59.9 Å². The number of rotatable bonds is 6. The number of benzene rings is 2. The second kappa shape index (κ2) is 15.2. The molecular weight excluding hydrogens is 696 g/mol. The Morgan fingerprint density at radius 1 is 1.00 bits per heavy atom. The summed E-state index contributed by atoms with van der Waals surface area (Å²) >= 11 is 6.47. The quantitative estimate of drug-likeness (QED) is 0.234. The van der Waals surface area contributed by atoms with Crippen LogP contribution in [-0.2, 0) is 26.3 Å². The van der Waals surface area contributed by atoms with Crippen molar-refractivity contribution in [1.82, 2.24) is 4.72 Å². The van der Waals surface area contributed by atoms with E-state index < -0.39 is 29.5 Å². The number of anilines is 1. The van der Waals surface area contributed by atoms with Gasteiger partial charge in [0.05, 0.1) is 23.6 Å². The van der Waals surface area contributed by atoms with Gasteiger partial charge in [-0.25, -0.2) is 13.1 Å². The Labute approximate surface area is 313 Å².